The standard InChI is InChI=1S/C13H16ClN/c14-13-4-2-1-3-12(13)6-5-11-7-9-15-10-8-11/h1-6,11,15H,7-10H2/b6-5+. The summed E-state index contributed by atoms with van der Waals surface area (Å²) in [5.74, 6) is 0.711. The van der Waals surface area contributed by atoms with Gasteiger partial charge in [0.2, 0.25) is 0 Å². The maximum atomic E-state index is 6.08. The smallest absolute Gasteiger partial charge is 0.0478 e. The van der Waals surface area contributed by atoms with E-state index in [1.54, 1.807) is 0 Å². The molecule has 15 heavy (non-hydrogen) atoms. The highest BCUT2D eigenvalue weighted by molar-refractivity contribution is 6.32. The number of hydrogen-bond donors (Lipinski definition) is 1. The van der Waals surface area contributed by atoms with Crippen molar-refractivity contribution in [2.24, 2.45) is 5.92 Å². The molecule has 80 valence electrons. The molecule has 2 heteroatoms. The molecule has 1 fully saturated rings. The Morgan fingerprint density at radius 3 is 2.67 bits per heavy atom. The fourth-order valence-electron chi connectivity index (χ4n) is 1.89. The fourth-order valence-corrected chi connectivity index (χ4v) is 2.09. The predicted octanol–water partition coefficient (Wildman–Crippen LogP) is 3.35. The van der Waals surface area contributed by atoms with Crippen LogP contribution in [0, 0.1) is 5.92 Å². The van der Waals surface area contributed by atoms with Gasteiger partial charge in [0.25, 0.3) is 0 Å². The van der Waals surface area contributed by atoms with Crippen molar-refractivity contribution in [3.05, 3.63) is 40.9 Å². The van der Waals surface area contributed by atoms with Crippen LogP contribution in [0.5, 0.6) is 0 Å². The number of nitrogens with one attached hydrogen (secondary N) is 1. The van der Waals surface area contributed by atoms with Crippen molar-refractivity contribution in [2.45, 2.75) is 12.8 Å². The van der Waals surface area contributed by atoms with E-state index in [2.05, 4.69) is 23.5 Å². The number of halogens is 1. The quantitative estimate of drug-likeness (QED) is 0.808. The Bertz CT molecular complexity index is 340. The zero-order chi connectivity index (χ0) is 10.5. The van der Waals surface area contributed by atoms with Gasteiger partial charge in [-0.25, -0.2) is 0 Å². The van der Waals surface area contributed by atoms with Crippen LogP contribution in [0.15, 0.2) is 30.3 Å². The van der Waals surface area contributed by atoms with Gasteiger partial charge in [0.1, 0.15) is 0 Å². The van der Waals surface area contributed by atoms with Crippen molar-refractivity contribution in [2.75, 3.05) is 13.1 Å². The largest absolute Gasteiger partial charge is 0.317 e. The summed E-state index contributed by atoms with van der Waals surface area (Å²) in [4.78, 5) is 0. The summed E-state index contributed by atoms with van der Waals surface area (Å²) in [6.07, 6.45) is 6.92. The van der Waals surface area contributed by atoms with Gasteiger partial charge in [0.05, 0.1) is 0 Å². The number of allylic oxidation sites excluding steroid dienone is 1. The molecule has 0 aliphatic carbocycles. The van der Waals surface area contributed by atoms with Gasteiger partial charge >= 0.3 is 0 Å². The molecule has 0 unspecified atom stereocenters. The van der Waals surface area contributed by atoms with Crippen molar-refractivity contribution in [1.29, 1.82) is 0 Å². The molecule has 0 bridgehead atoms. The predicted molar refractivity (Wildman–Crippen MR) is 66.1 cm³/mol. The molecule has 0 aromatic heterocycles. The first-order valence-corrected chi connectivity index (χ1v) is 5.87. The zero-order valence-electron chi connectivity index (χ0n) is 8.75. The average molecular weight is 222 g/mol. The Morgan fingerprint density at radius 1 is 1.20 bits per heavy atom. The SMILES string of the molecule is Clc1ccccc1/C=C/C1CCNCC1. The van der Waals surface area contributed by atoms with Crippen molar-refractivity contribution in [3.8, 4) is 0 Å². The zero-order valence-corrected chi connectivity index (χ0v) is 9.50. The van der Waals surface area contributed by atoms with Crippen LogP contribution in [0.3, 0.4) is 0 Å². The van der Waals surface area contributed by atoms with Gasteiger partial charge in [0.15, 0.2) is 0 Å². The van der Waals surface area contributed by atoms with E-state index in [1.165, 1.54) is 12.8 Å². The monoisotopic (exact) mass is 221 g/mol. The van der Waals surface area contributed by atoms with Gasteiger partial charge in [-0.1, -0.05) is 42.0 Å². The summed E-state index contributed by atoms with van der Waals surface area (Å²) in [5.41, 5.74) is 1.12. The minimum absolute atomic E-state index is 0.711. The molecular weight excluding hydrogens is 206 g/mol. The Kier molecular flexibility index (Phi) is 3.81. The third kappa shape index (κ3) is 3.08. The van der Waals surface area contributed by atoms with Crippen molar-refractivity contribution >= 4 is 17.7 Å². The topological polar surface area (TPSA) is 12.0 Å². The molecule has 1 saturated heterocycles. The lowest BCUT2D eigenvalue weighted by Gasteiger charge is -2.19. The summed E-state index contributed by atoms with van der Waals surface area (Å²) in [7, 11) is 0. The second-order valence-corrected chi connectivity index (χ2v) is 4.38. The second kappa shape index (κ2) is 5.34. The van der Waals surface area contributed by atoms with E-state index >= 15 is 0 Å². The lowest BCUT2D eigenvalue weighted by atomic mass is 9.97. The van der Waals surface area contributed by atoms with Crippen LogP contribution < -0.4 is 5.32 Å². The summed E-state index contributed by atoms with van der Waals surface area (Å²) < 4.78 is 0. The highest BCUT2D eigenvalue weighted by atomic mass is 35.5. The van der Waals surface area contributed by atoms with E-state index in [0.717, 1.165) is 23.7 Å². The molecule has 1 aliphatic heterocycles. The molecule has 1 aliphatic rings. The number of hydrogen-bond acceptors (Lipinski definition) is 1. The lowest BCUT2D eigenvalue weighted by Crippen LogP contribution is -2.26. The van der Waals surface area contributed by atoms with Gasteiger partial charge < -0.3 is 5.32 Å². The lowest BCUT2D eigenvalue weighted by molar-refractivity contribution is 0.438. The Hall–Kier alpha value is -0.790. The van der Waals surface area contributed by atoms with Gasteiger partial charge in [0, 0.05) is 5.02 Å². The summed E-state index contributed by atoms with van der Waals surface area (Å²) in [5, 5.41) is 4.20. The highest BCUT2D eigenvalue weighted by Crippen LogP contribution is 2.19. The van der Waals surface area contributed by atoms with Crippen LogP contribution in [0.4, 0.5) is 0 Å². The third-order valence-corrected chi connectivity index (χ3v) is 3.18. The summed E-state index contributed by atoms with van der Waals surface area (Å²) >= 11 is 6.08. The van der Waals surface area contributed by atoms with Crippen LogP contribution in [0.1, 0.15) is 18.4 Å². The first kappa shape index (κ1) is 10.7. The summed E-state index contributed by atoms with van der Waals surface area (Å²) in [6.45, 7) is 2.27. The van der Waals surface area contributed by atoms with E-state index in [4.69, 9.17) is 11.6 Å². The molecule has 0 atom stereocenters. The van der Waals surface area contributed by atoms with E-state index < -0.39 is 0 Å². The maximum Gasteiger partial charge on any atom is 0.0478 e. The average Bonchev–Trinajstić information content (AvgIpc) is 2.29. The molecule has 0 spiro atoms. The molecule has 0 amide bonds. The molecule has 0 radical (unpaired) electrons. The minimum atomic E-state index is 0.711. The molecule has 2 rings (SSSR count). The van der Waals surface area contributed by atoms with Gasteiger partial charge in [-0.15, -0.1) is 0 Å². The molecule has 1 heterocycles. The van der Waals surface area contributed by atoms with Crippen LogP contribution in [-0.2, 0) is 0 Å². The van der Waals surface area contributed by atoms with Crippen LogP contribution in [0.25, 0.3) is 6.08 Å². The van der Waals surface area contributed by atoms with Gasteiger partial charge in [-0.05, 0) is 43.5 Å². The third-order valence-electron chi connectivity index (χ3n) is 2.84. The van der Waals surface area contributed by atoms with Crippen LogP contribution in [0.2, 0.25) is 5.02 Å². The van der Waals surface area contributed by atoms with Gasteiger partial charge in [-0.2, -0.15) is 0 Å². The molecule has 1 N–H and O–H groups in total. The van der Waals surface area contributed by atoms with E-state index in [9.17, 15) is 0 Å². The number of rotatable bonds is 2. The van der Waals surface area contributed by atoms with Crippen molar-refractivity contribution < 1.29 is 0 Å². The van der Waals surface area contributed by atoms with Crippen LogP contribution >= 0.6 is 11.6 Å². The Balaban J connectivity index is 2.01. The molecule has 1 aromatic carbocycles. The number of benzene rings is 1. The molecular formula is C13H16ClN. The summed E-state index contributed by atoms with van der Waals surface area (Å²) in [6, 6.07) is 7.97. The van der Waals surface area contributed by atoms with Gasteiger partial charge in [-0.3, -0.25) is 0 Å². The van der Waals surface area contributed by atoms with E-state index in [1.807, 2.05) is 18.2 Å². The maximum absolute atomic E-state index is 6.08. The first-order valence-electron chi connectivity index (χ1n) is 5.50. The Morgan fingerprint density at radius 2 is 1.93 bits per heavy atom. The molecule has 1 nitrogen and oxygen atoms in total. The van der Waals surface area contributed by atoms with Crippen LogP contribution in [-0.4, -0.2) is 13.1 Å². The van der Waals surface area contributed by atoms with E-state index in [-0.39, 0.29) is 0 Å². The van der Waals surface area contributed by atoms with Crippen molar-refractivity contribution in [3.63, 3.8) is 0 Å². The highest BCUT2D eigenvalue weighted by Gasteiger charge is 2.08. The fraction of sp³-hybridized carbons (Fsp3) is 0.385. The normalized spacial score (nSPS) is 18.5. The Labute approximate surface area is 96.1 Å². The second-order valence-electron chi connectivity index (χ2n) is 3.97. The minimum Gasteiger partial charge on any atom is -0.317 e. The number of piperidine rings is 1. The molecule has 1 aromatic rings. The first-order chi connectivity index (χ1) is 7.36. The van der Waals surface area contributed by atoms with E-state index in [0.29, 0.717) is 5.92 Å². The van der Waals surface area contributed by atoms with Crippen molar-refractivity contribution in [1.82, 2.24) is 5.32 Å². The molecule has 0 saturated carbocycles.